The number of pyridine rings is 1. The molecule has 2 aliphatic rings. The second kappa shape index (κ2) is 8.82. The zero-order valence-corrected chi connectivity index (χ0v) is 18.0. The molecular weight excluding hydrogens is 406 g/mol. The number of carbonyl (C=O) groups excluding carboxylic acids is 1. The van der Waals surface area contributed by atoms with Crippen molar-refractivity contribution in [3.05, 3.63) is 65.7 Å². The zero-order chi connectivity index (χ0) is 21.9. The molecule has 0 radical (unpaired) electrons. The number of rotatable bonds is 4. The second-order valence-electron chi connectivity index (χ2n) is 8.07. The van der Waals surface area contributed by atoms with Gasteiger partial charge in [0, 0.05) is 37.0 Å². The highest BCUT2D eigenvalue weighted by Gasteiger charge is 2.27. The first-order valence-corrected chi connectivity index (χ1v) is 10.9. The van der Waals surface area contributed by atoms with Crippen LogP contribution in [0, 0.1) is 6.92 Å². The number of amides is 1. The minimum atomic E-state index is -0.00183. The molecule has 3 aromatic rings. The van der Waals surface area contributed by atoms with Crippen molar-refractivity contribution in [1.82, 2.24) is 19.9 Å². The molecule has 2 aliphatic heterocycles. The number of likely N-dealkylation sites (tertiary alicyclic amines) is 1. The summed E-state index contributed by atoms with van der Waals surface area (Å²) in [6.07, 6.45) is 7.11. The summed E-state index contributed by atoms with van der Waals surface area (Å²) in [7, 11) is 0. The van der Waals surface area contributed by atoms with Crippen molar-refractivity contribution < 1.29 is 14.3 Å². The van der Waals surface area contributed by atoms with E-state index in [9.17, 15) is 4.79 Å². The number of ether oxygens (including phenoxy) is 2. The van der Waals surface area contributed by atoms with Gasteiger partial charge in [-0.05, 0) is 49.6 Å². The number of aryl methyl sites for hydroxylation is 1. The minimum Gasteiger partial charge on any atom is -0.486 e. The molecule has 2 aromatic heterocycles. The van der Waals surface area contributed by atoms with Crippen molar-refractivity contribution in [2.24, 2.45) is 0 Å². The Balaban J connectivity index is 1.31. The molecule has 1 saturated heterocycles. The lowest BCUT2D eigenvalue weighted by Gasteiger charge is -2.32. The SMILES string of the molecule is Cc1cccnc1Nc1cncc([C@H]2CCCN(C(=O)c3ccc4c(c3)OCCO4)C2)n1. The van der Waals surface area contributed by atoms with Crippen molar-refractivity contribution >= 4 is 17.5 Å². The zero-order valence-electron chi connectivity index (χ0n) is 18.0. The van der Waals surface area contributed by atoms with Crippen LogP contribution in [-0.2, 0) is 0 Å². The number of fused-ring (bicyclic) bond motifs is 1. The number of nitrogens with zero attached hydrogens (tertiary/aromatic N) is 4. The predicted octanol–water partition coefficient (Wildman–Crippen LogP) is 3.71. The Labute approximate surface area is 186 Å². The van der Waals surface area contributed by atoms with Crippen LogP contribution in [0.4, 0.5) is 11.6 Å². The summed E-state index contributed by atoms with van der Waals surface area (Å²) in [5.74, 6) is 2.86. The summed E-state index contributed by atoms with van der Waals surface area (Å²) in [4.78, 5) is 28.6. The number of hydrogen-bond donors (Lipinski definition) is 1. The number of nitrogens with one attached hydrogen (secondary N) is 1. The van der Waals surface area contributed by atoms with E-state index < -0.39 is 0 Å². The van der Waals surface area contributed by atoms with Crippen LogP contribution in [0.3, 0.4) is 0 Å². The van der Waals surface area contributed by atoms with Crippen LogP contribution in [0.1, 0.15) is 40.4 Å². The van der Waals surface area contributed by atoms with E-state index in [0.717, 1.165) is 36.5 Å². The standard InChI is InChI=1S/C24H25N5O3/c1-16-4-2-8-26-23(16)28-22-14-25-13-19(27-22)18-5-3-9-29(15-18)24(30)17-6-7-20-21(12-17)32-11-10-31-20/h2,4,6-8,12-14,18H,3,5,9-11,15H2,1H3,(H,26,27,28)/t18-/m0/s1. The highest BCUT2D eigenvalue weighted by Crippen LogP contribution is 2.32. The normalized spacial score (nSPS) is 17.7. The van der Waals surface area contributed by atoms with Gasteiger partial charge in [0.1, 0.15) is 24.8 Å². The third-order valence-corrected chi connectivity index (χ3v) is 5.83. The molecule has 5 rings (SSSR count). The van der Waals surface area contributed by atoms with Crippen molar-refractivity contribution in [3.63, 3.8) is 0 Å². The summed E-state index contributed by atoms with van der Waals surface area (Å²) in [6, 6.07) is 9.29. The summed E-state index contributed by atoms with van der Waals surface area (Å²) < 4.78 is 11.2. The maximum absolute atomic E-state index is 13.2. The van der Waals surface area contributed by atoms with Gasteiger partial charge >= 0.3 is 0 Å². The Hall–Kier alpha value is -3.68. The molecule has 1 atom stereocenters. The third-order valence-electron chi connectivity index (χ3n) is 5.83. The van der Waals surface area contributed by atoms with E-state index in [-0.39, 0.29) is 11.8 Å². The molecule has 0 aliphatic carbocycles. The lowest BCUT2D eigenvalue weighted by molar-refractivity contribution is 0.0704. The van der Waals surface area contributed by atoms with Crippen molar-refractivity contribution in [1.29, 1.82) is 0 Å². The Morgan fingerprint density at radius 1 is 1.16 bits per heavy atom. The van der Waals surface area contributed by atoms with Crippen LogP contribution in [0.15, 0.2) is 48.9 Å². The molecular formula is C24H25N5O3. The average molecular weight is 431 g/mol. The first-order chi connectivity index (χ1) is 15.7. The molecule has 4 heterocycles. The van der Waals surface area contributed by atoms with Crippen LogP contribution in [0.5, 0.6) is 11.5 Å². The lowest BCUT2D eigenvalue weighted by Crippen LogP contribution is -2.39. The van der Waals surface area contributed by atoms with E-state index in [4.69, 9.17) is 14.5 Å². The molecule has 1 N–H and O–H groups in total. The largest absolute Gasteiger partial charge is 0.486 e. The fourth-order valence-electron chi connectivity index (χ4n) is 4.14. The summed E-state index contributed by atoms with van der Waals surface area (Å²) in [5, 5.41) is 3.25. The average Bonchev–Trinajstić information content (AvgIpc) is 2.85. The van der Waals surface area contributed by atoms with Gasteiger partial charge < -0.3 is 19.7 Å². The van der Waals surface area contributed by atoms with Crippen molar-refractivity contribution in [2.45, 2.75) is 25.7 Å². The quantitative estimate of drug-likeness (QED) is 0.673. The smallest absolute Gasteiger partial charge is 0.254 e. The molecule has 1 aromatic carbocycles. The monoisotopic (exact) mass is 431 g/mol. The van der Waals surface area contributed by atoms with Gasteiger partial charge in [0.05, 0.1) is 11.9 Å². The van der Waals surface area contributed by atoms with Crippen LogP contribution >= 0.6 is 0 Å². The van der Waals surface area contributed by atoms with Gasteiger partial charge in [-0.2, -0.15) is 0 Å². The highest BCUT2D eigenvalue weighted by atomic mass is 16.6. The van der Waals surface area contributed by atoms with Crippen molar-refractivity contribution in [3.8, 4) is 11.5 Å². The summed E-state index contributed by atoms with van der Waals surface area (Å²) >= 11 is 0. The van der Waals surface area contributed by atoms with Gasteiger partial charge in [-0.25, -0.2) is 9.97 Å². The molecule has 164 valence electrons. The predicted molar refractivity (Wildman–Crippen MR) is 120 cm³/mol. The Morgan fingerprint density at radius 2 is 2.03 bits per heavy atom. The van der Waals surface area contributed by atoms with E-state index in [2.05, 4.69) is 15.3 Å². The van der Waals surface area contributed by atoms with Crippen molar-refractivity contribution in [2.75, 3.05) is 31.6 Å². The van der Waals surface area contributed by atoms with E-state index in [1.165, 1.54) is 0 Å². The molecule has 0 unspecified atom stereocenters. The molecule has 0 saturated carbocycles. The minimum absolute atomic E-state index is 0.00183. The number of hydrogen-bond acceptors (Lipinski definition) is 7. The number of anilines is 2. The fourth-order valence-corrected chi connectivity index (χ4v) is 4.14. The third kappa shape index (κ3) is 4.21. The summed E-state index contributed by atoms with van der Waals surface area (Å²) in [5.41, 5.74) is 2.53. The van der Waals surface area contributed by atoms with Gasteiger partial charge in [0.2, 0.25) is 0 Å². The first-order valence-electron chi connectivity index (χ1n) is 10.9. The van der Waals surface area contributed by atoms with Crippen LogP contribution in [-0.4, -0.2) is 52.1 Å². The van der Waals surface area contributed by atoms with E-state index in [1.807, 2.05) is 30.0 Å². The number of piperidine rings is 1. The number of aromatic nitrogens is 3. The summed E-state index contributed by atoms with van der Waals surface area (Å²) in [6.45, 7) is 4.35. The Kier molecular flexibility index (Phi) is 5.58. The van der Waals surface area contributed by atoms with Gasteiger partial charge in [-0.3, -0.25) is 9.78 Å². The molecule has 1 fully saturated rings. The Bertz CT molecular complexity index is 1140. The van der Waals surface area contributed by atoms with E-state index in [0.29, 0.717) is 42.6 Å². The Morgan fingerprint density at radius 3 is 2.91 bits per heavy atom. The van der Waals surface area contributed by atoms with Gasteiger partial charge in [-0.1, -0.05) is 6.07 Å². The topological polar surface area (TPSA) is 89.5 Å². The number of benzene rings is 1. The molecule has 8 heteroatoms. The van der Waals surface area contributed by atoms with E-state index in [1.54, 1.807) is 30.7 Å². The van der Waals surface area contributed by atoms with Crippen LogP contribution < -0.4 is 14.8 Å². The van der Waals surface area contributed by atoms with E-state index >= 15 is 0 Å². The maximum Gasteiger partial charge on any atom is 0.254 e. The number of carbonyl (C=O) groups is 1. The lowest BCUT2D eigenvalue weighted by atomic mass is 9.94. The first kappa shape index (κ1) is 20.2. The van der Waals surface area contributed by atoms with Gasteiger partial charge in [0.15, 0.2) is 11.5 Å². The fraction of sp³-hybridized carbons (Fsp3) is 0.333. The maximum atomic E-state index is 13.2. The van der Waals surface area contributed by atoms with Gasteiger partial charge in [-0.15, -0.1) is 0 Å². The molecule has 8 nitrogen and oxygen atoms in total. The molecule has 32 heavy (non-hydrogen) atoms. The molecule has 1 amide bonds. The second-order valence-corrected chi connectivity index (χ2v) is 8.07. The van der Waals surface area contributed by atoms with Crippen LogP contribution in [0.25, 0.3) is 0 Å². The molecule has 0 spiro atoms. The van der Waals surface area contributed by atoms with Crippen LogP contribution in [0.2, 0.25) is 0 Å². The highest BCUT2D eigenvalue weighted by molar-refractivity contribution is 5.95. The molecule has 0 bridgehead atoms. The van der Waals surface area contributed by atoms with Gasteiger partial charge in [0.25, 0.3) is 5.91 Å².